The summed E-state index contributed by atoms with van der Waals surface area (Å²) in [6, 6.07) is -8.21. The average Bonchev–Trinajstić information content (AvgIpc) is 0.650. The summed E-state index contributed by atoms with van der Waals surface area (Å²) in [6.45, 7) is -6.00. The molecule has 4 amide bonds. The number of rotatable bonds is 32. The summed E-state index contributed by atoms with van der Waals surface area (Å²) in [5, 5.41) is 285. The lowest BCUT2D eigenvalue weighted by Gasteiger charge is -2.53. The Labute approximate surface area is 609 Å². The highest BCUT2D eigenvalue weighted by molar-refractivity contribution is 5.78. The summed E-state index contributed by atoms with van der Waals surface area (Å²) in [5.74, 6) is -22.1. The van der Waals surface area contributed by atoms with Crippen molar-refractivity contribution in [2.75, 3.05) is 46.2 Å². The number of nitrogens with one attached hydrogen (secondary N) is 4. The molecular formula is C59H96N4O45. The van der Waals surface area contributed by atoms with Gasteiger partial charge in [0.15, 0.2) is 25.2 Å². The molecule has 0 saturated carbocycles. The summed E-state index contributed by atoms with van der Waals surface area (Å²) in [5.41, 5.74) is 0. The van der Waals surface area contributed by atoms with Gasteiger partial charge in [-0.15, -0.1) is 0 Å². The minimum atomic E-state index is -3.77. The molecule has 29 N–H and O–H groups in total. The van der Waals surface area contributed by atoms with Crippen LogP contribution in [0, 0.1) is 0 Å². The van der Waals surface area contributed by atoms with E-state index in [0.29, 0.717) is 0 Å². The monoisotopic (exact) mass is 1580 g/mol. The zero-order chi connectivity index (χ0) is 80.8. The van der Waals surface area contributed by atoms with Crippen molar-refractivity contribution in [1.82, 2.24) is 21.3 Å². The molecule has 49 nitrogen and oxygen atoms in total. The SMILES string of the molecule is CC(=O)N[C@H]1[C@H](O[C@@H]2[C@H](O[C@]3(C(=O)O)C[C@H](O)[C@@H](NC(C)=O)[C@H]([C@H](O)[C@@H](CO)O[C@]4(C(=O)O)C[C@H](O)[C@@H](NC(C)=O)[C@H]([C@H](O)[C@@H](CO)O[C@]5(C(=O)O)C[C@H](O)[C@@H](NC(C)=O)[C@H]([C@H](O)[C@H](O)CO)O5)O4)O3)[C@@H](O)[C@H](O[C@H]3[C@H](O)[C@@H](O)[C@H](O)O[C@@H]3CO)O[C@@H]2CO)O[C@H](CO)[C@H](O)[C@@H]1O[C@@H]1O[C@H](CO)[C@H](O)[C@H](O)[C@H]1O. The van der Waals surface area contributed by atoms with Crippen molar-refractivity contribution < 1.29 is 223 Å². The quantitative estimate of drug-likeness (QED) is 0.0297. The van der Waals surface area contributed by atoms with Crippen LogP contribution in [0.3, 0.4) is 0 Å². The van der Waals surface area contributed by atoms with Crippen molar-refractivity contribution in [3.05, 3.63) is 0 Å². The van der Waals surface area contributed by atoms with Gasteiger partial charge in [-0.3, -0.25) is 19.2 Å². The van der Waals surface area contributed by atoms with Crippen LogP contribution < -0.4 is 21.3 Å². The number of hydrogen-bond acceptors (Lipinski definition) is 42. The summed E-state index contributed by atoms with van der Waals surface area (Å²) >= 11 is 0. The molecule has 7 rings (SSSR count). The predicted octanol–water partition coefficient (Wildman–Crippen LogP) is -18.1. The van der Waals surface area contributed by atoms with Gasteiger partial charge in [-0.2, -0.15) is 0 Å². The molecule has 7 fully saturated rings. The standard InChI is InChI=1S/C59H96N4O45/c1-15(71)60-29-19(75)5-57(54(90)91,105-46(29)33(79)22(78)8-64)103-25(11-67)36(82)47-30(61-16(2)72)20(76)6-58(106-47,55(92)93)104-26(12-68)37(83)48-31(62-17(3)73)21(77)7-59(107-48,56(94)95)108-49-42(88)53(100-43-27(13-69)96-50(89)40(86)39(43)85)99-28(14-70)44(49)101-51-32(63-18(4)74)45(35(81)24(10-66)97-51)102-52-41(87)38(84)34(80)23(9-65)98-52/h19-53,64-70,75-89H,5-14H2,1-4H3,(H,60,71)(H,61,72)(H,62,73)(H,63,74)(H,90,91)(H,92,93)(H,94,95)/t19-,20-,21-,22+,23+,24+,25+,26+,27+,28+,29+,30+,31+,32+,33+,34-,35-,36+,37+,38-,39+,40+,41+,42+,43+,44-,45+,46+,47+,48+,49+,50+,51-,52-,53-,57+,58+,59-/m0/s1. The van der Waals surface area contributed by atoms with Crippen LogP contribution >= 0.6 is 0 Å². The first-order chi connectivity index (χ1) is 50.6. The number of amides is 4. The topological polar surface area (TPSA) is 793 Å². The van der Waals surface area contributed by atoms with Gasteiger partial charge in [-0.25, -0.2) is 14.4 Å². The van der Waals surface area contributed by atoms with Gasteiger partial charge in [0.25, 0.3) is 17.4 Å². The first kappa shape index (κ1) is 90.1. The van der Waals surface area contributed by atoms with Crippen LogP contribution in [0.1, 0.15) is 47.0 Å². The van der Waals surface area contributed by atoms with Crippen LogP contribution in [0.2, 0.25) is 0 Å². The highest BCUT2D eigenvalue weighted by Crippen LogP contribution is 2.44. The van der Waals surface area contributed by atoms with E-state index in [2.05, 4.69) is 21.3 Å². The normalized spacial score (nSPS) is 43.4. The van der Waals surface area contributed by atoms with Crippen LogP contribution in [-0.4, -0.2) is 447 Å². The number of carbonyl (C=O) groups is 7. The number of aliphatic hydroxyl groups is 22. The van der Waals surface area contributed by atoms with Crippen molar-refractivity contribution >= 4 is 41.5 Å². The Bertz CT molecular complexity index is 3010. The highest BCUT2D eigenvalue weighted by atomic mass is 16.8. The molecule has 7 saturated heterocycles. The van der Waals surface area contributed by atoms with Gasteiger partial charge >= 0.3 is 17.9 Å². The predicted molar refractivity (Wildman–Crippen MR) is 330 cm³/mol. The van der Waals surface area contributed by atoms with Gasteiger partial charge in [0.2, 0.25) is 23.6 Å². The van der Waals surface area contributed by atoms with E-state index >= 15 is 0 Å². The Morgan fingerprint density at radius 2 is 0.741 bits per heavy atom. The number of carboxylic acids is 3. The second-order valence-electron chi connectivity index (χ2n) is 26.8. The van der Waals surface area contributed by atoms with E-state index in [4.69, 9.17) is 61.6 Å². The Morgan fingerprint density at radius 1 is 0.380 bits per heavy atom. The number of ether oxygens (including phenoxy) is 13. The number of aliphatic hydroxyl groups excluding tert-OH is 22. The molecule has 0 unspecified atom stereocenters. The van der Waals surface area contributed by atoms with Crippen LogP contribution in [0.15, 0.2) is 0 Å². The molecule has 7 aliphatic heterocycles. The Kier molecular flexibility index (Phi) is 31.4. The lowest BCUT2D eigenvalue weighted by atomic mass is 9.86. The van der Waals surface area contributed by atoms with Gasteiger partial charge in [-0.1, -0.05) is 0 Å². The minimum Gasteiger partial charge on any atom is -0.477 e. The van der Waals surface area contributed by atoms with E-state index in [0.717, 1.165) is 27.7 Å². The number of carboxylic acid groups (broad SMARTS) is 3. The summed E-state index contributed by atoms with van der Waals surface area (Å²) < 4.78 is 75.3. The Balaban J connectivity index is 1.30. The van der Waals surface area contributed by atoms with Crippen molar-refractivity contribution in [2.45, 2.75) is 278 Å². The Hall–Kier alpha value is -5.11. The molecule has 7 aliphatic rings. The smallest absolute Gasteiger partial charge is 0.364 e. The third-order valence-corrected chi connectivity index (χ3v) is 19.1. The third kappa shape index (κ3) is 19.4. The number of aliphatic carboxylic acids is 3. The van der Waals surface area contributed by atoms with Crippen LogP contribution in [0.4, 0.5) is 0 Å². The molecule has 0 aromatic carbocycles. The molecule has 0 aromatic heterocycles. The van der Waals surface area contributed by atoms with Gasteiger partial charge < -0.3 is 211 Å². The van der Waals surface area contributed by atoms with Crippen molar-refractivity contribution in [2.24, 2.45) is 0 Å². The van der Waals surface area contributed by atoms with E-state index < -0.39 is 339 Å². The third-order valence-electron chi connectivity index (χ3n) is 19.1. The van der Waals surface area contributed by atoms with E-state index in [1.807, 2.05) is 0 Å². The zero-order valence-corrected chi connectivity index (χ0v) is 57.6. The van der Waals surface area contributed by atoms with E-state index in [-0.39, 0.29) is 0 Å². The maximum Gasteiger partial charge on any atom is 0.364 e. The molecule has 7 heterocycles. The lowest BCUT2D eigenvalue weighted by molar-refractivity contribution is -0.403. The first-order valence-electron chi connectivity index (χ1n) is 33.5. The lowest BCUT2D eigenvalue weighted by Crippen LogP contribution is -2.73. The second kappa shape index (κ2) is 37.7. The molecular weight excluding hydrogens is 1480 g/mol. The zero-order valence-electron chi connectivity index (χ0n) is 57.6. The molecule has 0 aromatic rings. The molecule has 49 heteroatoms. The Morgan fingerprint density at radius 3 is 1.16 bits per heavy atom. The minimum absolute atomic E-state index is 0.793. The van der Waals surface area contributed by atoms with Gasteiger partial charge in [-0.05, 0) is 0 Å². The van der Waals surface area contributed by atoms with Crippen LogP contribution in [0.25, 0.3) is 0 Å². The largest absolute Gasteiger partial charge is 0.477 e. The average molecular weight is 1580 g/mol. The molecule has 38 atom stereocenters. The van der Waals surface area contributed by atoms with E-state index in [9.17, 15) is 161 Å². The summed E-state index contributed by atoms with van der Waals surface area (Å²) in [6.07, 6.45) is -76.9. The van der Waals surface area contributed by atoms with E-state index in [1.165, 1.54) is 0 Å². The van der Waals surface area contributed by atoms with Gasteiger partial charge in [0.1, 0.15) is 153 Å². The molecule has 0 aliphatic carbocycles. The van der Waals surface area contributed by atoms with Crippen molar-refractivity contribution in [3.8, 4) is 0 Å². The fourth-order valence-electron chi connectivity index (χ4n) is 13.7. The highest BCUT2D eigenvalue weighted by Gasteiger charge is 2.65. The van der Waals surface area contributed by atoms with Gasteiger partial charge in [0, 0.05) is 47.0 Å². The fraction of sp³-hybridized carbons (Fsp3) is 0.881. The maximum absolute atomic E-state index is 14.2. The molecule has 108 heavy (non-hydrogen) atoms. The first-order valence-corrected chi connectivity index (χ1v) is 33.5. The maximum atomic E-state index is 14.2. The van der Waals surface area contributed by atoms with Crippen molar-refractivity contribution in [1.29, 1.82) is 0 Å². The molecule has 0 bridgehead atoms. The summed E-state index contributed by atoms with van der Waals surface area (Å²) in [4.78, 5) is 92.3. The fourth-order valence-corrected chi connectivity index (χ4v) is 13.7. The molecule has 0 spiro atoms. The molecule has 0 radical (unpaired) electrons. The van der Waals surface area contributed by atoms with Crippen molar-refractivity contribution in [3.63, 3.8) is 0 Å². The van der Waals surface area contributed by atoms with Crippen LogP contribution in [0.5, 0.6) is 0 Å². The number of hydrogen-bond donors (Lipinski definition) is 29. The molecule has 622 valence electrons. The van der Waals surface area contributed by atoms with Gasteiger partial charge in [0.05, 0.1) is 82.7 Å². The summed E-state index contributed by atoms with van der Waals surface area (Å²) in [7, 11) is 0. The van der Waals surface area contributed by atoms with Crippen LogP contribution in [-0.2, 0) is 95.1 Å². The second-order valence-corrected chi connectivity index (χ2v) is 26.8. The number of carbonyl (C=O) groups excluding carboxylic acids is 4. The van der Waals surface area contributed by atoms with E-state index in [1.54, 1.807) is 0 Å².